The van der Waals surface area contributed by atoms with Crippen molar-refractivity contribution in [2.24, 2.45) is 0 Å². The van der Waals surface area contributed by atoms with Crippen LogP contribution in [-0.4, -0.2) is 15.2 Å². The Labute approximate surface area is 79.7 Å². The number of H-pyrrole nitrogens is 1. The van der Waals surface area contributed by atoms with Crippen molar-refractivity contribution in [2.45, 2.75) is 27.7 Å². The SMILES string of the molecule is CC.Cc1cnc2n[nH]c(C)c2c1.[HH]. The summed E-state index contributed by atoms with van der Waals surface area (Å²) in [5.74, 6) is 0. The van der Waals surface area contributed by atoms with Crippen molar-refractivity contribution >= 4 is 11.0 Å². The first kappa shape index (κ1) is 9.71. The van der Waals surface area contributed by atoms with Gasteiger partial charge in [0.25, 0.3) is 0 Å². The Morgan fingerprint density at radius 1 is 1.31 bits per heavy atom. The monoisotopic (exact) mass is 179 g/mol. The smallest absolute Gasteiger partial charge is 0.181 e. The maximum Gasteiger partial charge on any atom is 0.181 e. The molecule has 0 aliphatic carbocycles. The van der Waals surface area contributed by atoms with Gasteiger partial charge >= 0.3 is 0 Å². The van der Waals surface area contributed by atoms with Crippen molar-refractivity contribution in [1.82, 2.24) is 15.2 Å². The quantitative estimate of drug-likeness (QED) is 0.675. The molecule has 0 unspecified atom stereocenters. The molecule has 0 atom stereocenters. The van der Waals surface area contributed by atoms with Crippen LogP contribution in [0.2, 0.25) is 0 Å². The van der Waals surface area contributed by atoms with Gasteiger partial charge in [-0.1, -0.05) is 13.8 Å². The van der Waals surface area contributed by atoms with Gasteiger partial charge in [0.2, 0.25) is 0 Å². The molecule has 2 aromatic heterocycles. The molecule has 0 aromatic carbocycles. The zero-order valence-corrected chi connectivity index (χ0v) is 8.55. The molecule has 3 nitrogen and oxygen atoms in total. The molecule has 0 bridgehead atoms. The summed E-state index contributed by atoms with van der Waals surface area (Å²) in [7, 11) is 0. The Balaban J connectivity index is 0.000000531. The molecule has 1 N–H and O–H groups in total. The van der Waals surface area contributed by atoms with E-state index in [0.717, 1.165) is 16.7 Å². The highest BCUT2D eigenvalue weighted by Gasteiger charge is 2.00. The lowest BCUT2D eigenvalue weighted by atomic mass is 10.2. The molecule has 0 fully saturated rings. The van der Waals surface area contributed by atoms with Gasteiger partial charge < -0.3 is 0 Å². The van der Waals surface area contributed by atoms with Crippen LogP contribution < -0.4 is 0 Å². The third-order valence-corrected chi connectivity index (χ3v) is 1.74. The second-order valence-corrected chi connectivity index (χ2v) is 2.73. The summed E-state index contributed by atoms with van der Waals surface area (Å²) >= 11 is 0. The van der Waals surface area contributed by atoms with E-state index in [-0.39, 0.29) is 1.43 Å². The summed E-state index contributed by atoms with van der Waals surface area (Å²) in [6, 6.07) is 2.08. The largest absolute Gasteiger partial charge is 0.280 e. The lowest BCUT2D eigenvalue weighted by Gasteiger charge is -1.90. The van der Waals surface area contributed by atoms with Crippen LogP contribution in [0.15, 0.2) is 12.3 Å². The second-order valence-electron chi connectivity index (χ2n) is 2.73. The van der Waals surface area contributed by atoms with Gasteiger partial charge in [0.15, 0.2) is 5.65 Å². The number of aryl methyl sites for hydroxylation is 2. The summed E-state index contributed by atoms with van der Waals surface area (Å²) in [4.78, 5) is 4.16. The second kappa shape index (κ2) is 4.03. The average Bonchev–Trinajstić information content (AvgIpc) is 2.52. The Bertz CT molecular complexity index is 395. The summed E-state index contributed by atoms with van der Waals surface area (Å²) in [6.07, 6.45) is 1.82. The number of pyridine rings is 1. The van der Waals surface area contributed by atoms with Gasteiger partial charge in [-0.05, 0) is 25.5 Å². The number of hydrogen-bond acceptors (Lipinski definition) is 2. The highest BCUT2D eigenvalue weighted by Crippen LogP contribution is 2.13. The Hall–Kier alpha value is -1.38. The van der Waals surface area contributed by atoms with E-state index in [9.17, 15) is 0 Å². The lowest BCUT2D eigenvalue weighted by molar-refractivity contribution is 1.05. The number of rotatable bonds is 0. The number of aromatic nitrogens is 3. The van der Waals surface area contributed by atoms with E-state index in [1.54, 1.807) is 0 Å². The van der Waals surface area contributed by atoms with Crippen LogP contribution in [0, 0.1) is 13.8 Å². The third kappa shape index (κ3) is 1.86. The maximum atomic E-state index is 4.16. The Kier molecular flexibility index (Phi) is 3.01. The van der Waals surface area contributed by atoms with Crippen molar-refractivity contribution < 1.29 is 1.43 Å². The molecule has 2 heterocycles. The van der Waals surface area contributed by atoms with Gasteiger partial charge in [-0.2, -0.15) is 5.10 Å². The zero-order chi connectivity index (χ0) is 9.84. The van der Waals surface area contributed by atoms with E-state index in [1.165, 1.54) is 5.56 Å². The predicted octanol–water partition coefficient (Wildman–Crippen LogP) is 2.85. The van der Waals surface area contributed by atoms with Crippen molar-refractivity contribution in [3.8, 4) is 0 Å². The van der Waals surface area contributed by atoms with Crippen molar-refractivity contribution in [3.05, 3.63) is 23.5 Å². The molecule has 72 valence electrons. The first-order valence-corrected chi connectivity index (χ1v) is 4.55. The van der Waals surface area contributed by atoms with Gasteiger partial charge in [-0.3, -0.25) is 5.10 Å². The standard InChI is InChI=1S/C8H9N3.C2H6.H2/c1-5-3-7-6(2)10-11-8(7)9-4-5;1-2;/h3-4H,1-2H3,(H,9,10,11);1-2H3;1H. The average molecular weight is 179 g/mol. The number of fused-ring (bicyclic) bond motifs is 1. The van der Waals surface area contributed by atoms with Crippen LogP contribution in [-0.2, 0) is 0 Å². The molecule has 0 saturated heterocycles. The topological polar surface area (TPSA) is 41.6 Å². The van der Waals surface area contributed by atoms with Crippen molar-refractivity contribution in [2.75, 3.05) is 0 Å². The van der Waals surface area contributed by atoms with Gasteiger partial charge in [0.1, 0.15) is 0 Å². The van der Waals surface area contributed by atoms with E-state index < -0.39 is 0 Å². The van der Waals surface area contributed by atoms with Crippen LogP contribution in [0.25, 0.3) is 11.0 Å². The molecule has 2 rings (SSSR count). The highest BCUT2D eigenvalue weighted by atomic mass is 15.1. The van der Waals surface area contributed by atoms with Gasteiger partial charge in [0.05, 0.1) is 0 Å². The van der Waals surface area contributed by atoms with Gasteiger partial charge in [-0.25, -0.2) is 4.98 Å². The molecular formula is C10H17N3. The van der Waals surface area contributed by atoms with Crippen molar-refractivity contribution in [3.63, 3.8) is 0 Å². The molecule has 2 aromatic rings. The molecule has 0 aliphatic heterocycles. The van der Waals surface area contributed by atoms with Crippen LogP contribution >= 0.6 is 0 Å². The minimum Gasteiger partial charge on any atom is -0.280 e. The van der Waals surface area contributed by atoms with Gasteiger partial charge in [-0.15, -0.1) is 0 Å². The molecular weight excluding hydrogens is 162 g/mol. The van der Waals surface area contributed by atoms with Crippen LogP contribution in [0.3, 0.4) is 0 Å². The minimum atomic E-state index is 0. The lowest BCUT2D eigenvalue weighted by Crippen LogP contribution is -1.78. The first-order valence-electron chi connectivity index (χ1n) is 4.55. The molecule has 0 spiro atoms. The maximum absolute atomic E-state index is 4.16. The van der Waals surface area contributed by atoms with E-state index in [4.69, 9.17) is 0 Å². The fraction of sp³-hybridized carbons (Fsp3) is 0.400. The van der Waals surface area contributed by atoms with E-state index in [2.05, 4.69) is 21.2 Å². The summed E-state index contributed by atoms with van der Waals surface area (Å²) in [5.41, 5.74) is 3.05. The molecule has 0 amide bonds. The predicted molar refractivity (Wildman–Crippen MR) is 56.8 cm³/mol. The Morgan fingerprint density at radius 2 is 2.00 bits per heavy atom. The summed E-state index contributed by atoms with van der Waals surface area (Å²) in [6.45, 7) is 8.02. The molecule has 0 aliphatic rings. The highest BCUT2D eigenvalue weighted by molar-refractivity contribution is 5.77. The zero-order valence-electron chi connectivity index (χ0n) is 8.55. The fourth-order valence-electron chi connectivity index (χ4n) is 1.12. The Morgan fingerprint density at radius 3 is 2.69 bits per heavy atom. The third-order valence-electron chi connectivity index (χ3n) is 1.74. The number of aromatic amines is 1. The normalized spacial score (nSPS) is 9.54. The van der Waals surface area contributed by atoms with Gasteiger partial charge in [0, 0.05) is 18.7 Å². The van der Waals surface area contributed by atoms with Crippen molar-refractivity contribution in [1.29, 1.82) is 0 Å². The van der Waals surface area contributed by atoms with Crippen LogP contribution in [0.1, 0.15) is 26.5 Å². The molecule has 0 saturated carbocycles. The molecule has 0 radical (unpaired) electrons. The number of nitrogens with one attached hydrogen (secondary N) is 1. The van der Waals surface area contributed by atoms with Crippen LogP contribution in [0.5, 0.6) is 0 Å². The number of hydrogen-bond donors (Lipinski definition) is 1. The first-order chi connectivity index (χ1) is 6.27. The van der Waals surface area contributed by atoms with E-state index >= 15 is 0 Å². The van der Waals surface area contributed by atoms with E-state index in [0.29, 0.717) is 0 Å². The fourth-order valence-corrected chi connectivity index (χ4v) is 1.12. The minimum absolute atomic E-state index is 0. The molecule has 3 heteroatoms. The number of nitrogens with zero attached hydrogens (tertiary/aromatic N) is 2. The summed E-state index contributed by atoms with van der Waals surface area (Å²) in [5, 5.41) is 8.03. The van der Waals surface area contributed by atoms with E-state index in [1.807, 2.05) is 33.9 Å². The summed E-state index contributed by atoms with van der Waals surface area (Å²) < 4.78 is 0. The molecule has 13 heavy (non-hydrogen) atoms. The van der Waals surface area contributed by atoms with Crippen LogP contribution in [0.4, 0.5) is 0 Å².